The van der Waals surface area contributed by atoms with E-state index in [1.54, 1.807) is 16.4 Å². The molecule has 0 atom stereocenters. The van der Waals surface area contributed by atoms with Gasteiger partial charge in [-0.15, -0.1) is 0 Å². The first-order valence-corrected chi connectivity index (χ1v) is 11.0. The van der Waals surface area contributed by atoms with Gasteiger partial charge in [-0.05, 0) is 42.7 Å². The van der Waals surface area contributed by atoms with Gasteiger partial charge in [0, 0.05) is 25.2 Å². The lowest BCUT2D eigenvalue weighted by Gasteiger charge is -2.15. The Morgan fingerprint density at radius 3 is 2.29 bits per heavy atom. The van der Waals surface area contributed by atoms with Crippen LogP contribution >= 0.6 is 0 Å². The van der Waals surface area contributed by atoms with E-state index in [0.29, 0.717) is 31.1 Å². The Hall–Kier alpha value is -2.41. The summed E-state index contributed by atoms with van der Waals surface area (Å²) in [7, 11) is -3.34. The van der Waals surface area contributed by atoms with Gasteiger partial charge in [-0.25, -0.2) is 8.42 Å². The van der Waals surface area contributed by atoms with Gasteiger partial charge in [-0.2, -0.15) is 4.31 Å². The van der Waals surface area contributed by atoms with Crippen LogP contribution in [0.25, 0.3) is 11.3 Å². The molecule has 0 saturated carbocycles. The Morgan fingerprint density at radius 2 is 1.57 bits per heavy atom. The molecule has 0 amide bonds. The molecular formula is C22H24N2O3S. The maximum absolute atomic E-state index is 12.6. The van der Waals surface area contributed by atoms with Crippen molar-refractivity contribution in [2.45, 2.75) is 30.8 Å². The van der Waals surface area contributed by atoms with Crippen LogP contribution in [0.3, 0.4) is 0 Å². The maximum atomic E-state index is 12.6. The van der Waals surface area contributed by atoms with Gasteiger partial charge in [-0.1, -0.05) is 42.5 Å². The van der Waals surface area contributed by atoms with Gasteiger partial charge >= 0.3 is 0 Å². The monoisotopic (exact) mass is 396 g/mol. The second-order valence-electron chi connectivity index (χ2n) is 6.99. The Bertz CT molecular complexity index is 1010. The first-order valence-electron chi connectivity index (χ1n) is 9.57. The van der Waals surface area contributed by atoms with Crippen molar-refractivity contribution in [3.05, 3.63) is 78.1 Å². The highest BCUT2D eigenvalue weighted by molar-refractivity contribution is 7.89. The van der Waals surface area contributed by atoms with Crippen LogP contribution in [0.4, 0.5) is 0 Å². The summed E-state index contributed by atoms with van der Waals surface area (Å²) in [6.45, 7) is 2.51. The average molecular weight is 397 g/mol. The molecule has 2 heterocycles. The fraction of sp³-hybridized carbons (Fsp3) is 0.273. The van der Waals surface area contributed by atoms with Crippen molar-refractivity contribution in [2.75, 3.05) is 13.1 Å². The predicted octanol–water partition coefficient (Wildman–Crippen LogP) is 4.02. The lowest BCUT2D eigenvalue weighted by Crippen LogP contribution is -2.27. The molecule has 2 aromatic carbocycles. The van der Waals surface area contributed by atoms with Gasteiger partial charge in [0.05, 0.1) is 11.4 Å². The van der Waals surface area contributed by atoms with E-state index < -0.39 is 10.0 Å². The topological polar surface area (TPSA) is 62.6 Å². The highest BCUT2D eigenvalue weighted by atomic mass is 32.2. The molecule has 6 heteroatoms. The van der Waals surface area contributed by atoms with E-state index >= 15 is 0 Å². The fourth-order valence-corrected chi connectivity index (χ4v) is 4.93. The normalized spacial score (nSPS) is 15.1. The summed E-state index contributed by atoms with van der Waals surface area (Å²) in [5.74, 6) is 1.72. The zero-order valence-corrected chi connectivity index (χ0v) is 16.5. The van der Waals surface area contributed by atoms with Crippen molar-refractivity contribution in [1.29, 1.82) is 0 Å². The summed E-state index contributed by atoms with van der Waals surface area (Å²) >= 11 is 0. The van der Waals surface area contributed by atoms with E-state index in [1.807, 2.05) is 54.6 Å². The Kier molecular flexibility index (Phi) is 5.62. The van der Waals surface area contributed by atoms with Crippen molar-refractivity contribution in [1.82, 2.24) is 9.62 Å². The van der Waals surface area contributed by atoms with E-state index in [1.165, 1.54) is 0 Å². The molecule has 146 valence electrons. The van der Waals surface area contributed by atoms with Gasteiger partial charge in [0.1, 0.15) is 11.5 Å². The molecule has 1 aromatic heterocycles. The number of sulfonamides is 1. The molecule has 0 bridgehead atoms. The number of furan rings is 1. The molecule has 1 N–H and O–H groups in total. The number of hydrogen-bond acceptors (Lipinski definition) is 4. The number of hydrogen-bond donors (Lipinski definition) is 1. The maximum Gasteiger partial charge on any atom is 0.243 e. The highest BCUT2D eigenvalue weighted by Crippen LogP contribution is 2.22. The molecule has 0 aliphatic carbocycles. The third-order valence-electron chi connectivity index (χ3n) is 4.97. The van der Waals surface area contributed by atoms with Crippen molar-refractivity contribution in [2.24, 2.45) is 0 Å². The zero-order chi connectivity index (χ0) is 19.4. The quantitative estimate of drug-likeness (QED) is 0.655. The number of rotatable bonds is 7. The van der Waals surface area contributed by atoms with Crippen LogP contribution in [0.15, 0.2) is 76.0 Å². The second kappa shape index (κ2) is 8.31. The molecule has 28 heavy (non-hydrogen) atoms. The van der Waals surface area contributed by atoms with Crippen LogP contribution < -0.4 is 5.32 Å². The number of benzene rings is 2. The zero-order valence-electron chi connectivity index (χ0n) is 15.7. The summed E-state index contributed by atoms with van der Waals surface area (Å²) in [6.07, 6.45) is 1.89. The van der Waals surface area contributed by atoms with Crippen LogP contribution in [-0.4, -0.2) is 25.8 Å². The van der Waals surface area contributed by atoms with E-state index in [9.17, 15) is 8.42 Å². The van der Waals surface area contributed by atoms with Crippen LogP contribution in [-0.2, 0) is 23.1 Å². The minimum Gasteiger partial charge on any atom is -0.460 e. The van der Waals surface area contributed by atoms with Crippen molar-refractivity contribution < 1.29 is 12.8 Å². The molecule has 4 rings (SSSR count). The molecule has 5 nitrogen and oxygen atoms in total. The van der Waals surface area contributed by atoms with Crippen LogP contribution in [0.5, 0.6) is 0 Å². The largest absolute Gasteiger partial charge is 0.460 e. The first kappa shape index (κ1) is 18.9. The minimum absolute atomic E-state index is 0.372. The highest BCUT2D eigenvalue weighted by Gasteiger charge is 2.26. The van der Waals surface area contributed by atoms with Crippen LogP contribution in [0, 0.1) is 0 Å². The molecule has 1 aliphatic heterocycles. The molecule has 3 aromatic rings. The Balaban J connectivity index is 1.33. The minimum atomic E-state index is -3.34. The van der Waals surface area contributed by atoms with Crippen molar-refractivity contribution in [3.63, 3.8) is 0 Å². The smallest absolute Gasteiger partial charge is 0.243 e. The predicted molar refractivity (Wildman–Crippen MR) is 109 cm³/mol. The summed E-state index contributed by atoms with van der Waals surface area (Å²) in [4.78, 5) is 0.372. The first-order chi connectivity index (χ1) is 13.6. The van der Waals surface area contributed by atoms with Crippen LogP contribution in [0.2, 0.25) is 0 Å². The second-order valence-corrected chi connectivity index (χ2v) is 8.93. The third-order valence-corrected chi connectivity index (χ3v) is 6.89. The van der Waals surface area contributed by atoms with Crippen molar-refractivity contribution >= 4 is 10.0 Å². The Morgan fingerprint density at radius 1 is 0.857 bits per heavy atom. The summed E-state index contributed by atoms with van der Waals surface area (Å²) in [5.41, 5.74) is 2.10. The average Bonchev–Trinajstić information content (AvgIpc) is 3.42. The number of nitrogens with zero attached hydrogens (tertiary/aromatic N) is 1. The SMILES string of the molecule is O=S(=O)(c1ccc(CNCc2ccc(-c3ccccc3)o2)cc1)N1CCCC1. The molecule has 1 fully saturated rings. The van der Waals surface area contributed by atoms with E-state index in [-0.39, 0.29) is 0 Å². The van der Waals surface area contributed by atoms with E-state index in [2.05, 4.69) is 5.32 Å². The summed E-state index contributed by atoms with van der Waals surface area (Å²) in [5, 5.41) is 3.34. The van der Waals surface area contributed by atoms with Crippen molar-refractivity contribution in [3.8, 4) is 11.3 Å². The third kappa shape index (κ3) is 4.19. The van der Waals surface area contributed by atoms with Crippen LogP contribution in [0.1, 0.15) is 24.2 Å². The molecule has 0 spiro atoms. The fourth-order valence-electron chi connectivity index (χ4n) is 3.42. The molecule has 1 saturated heterocycles. The molecule has 0 radical (unpaired) electrons. The van der Waals surface area contributed by atoms with Gasteiger partial charge < -0.3 is 9.73 Å². The van der Waals surface area contributed by atoms with E-state index in [4.69, 9.17) is 4.42 Å². The lowest BCUT2D eigenvalue weighted by atomic mass is 10.2. The standard InChI is InChI=1S/C22H24N2O3S/c25-28(26,24-14-4-5-15-24)21-11-8-18(9-12-21)16-23-17-20-10-13-22(27-20)19-6-2-1-3-7-19/h1-3,6-13,23H,4-5,14-17H2. The Labute approximate surface area is 166 Å². The van der Waals surface area contributed by atoms with Gasteiger partial charge in [-0.3, -0.25) is 0 Å². The molecular weight excluding hydrogens is 372 g/mol. The summed E-state index contributed by atoms with van der Waals surface area (Å²) < 4.78 is 32.6. The molecule has 0 unspecified atom stereocenters. The summed E-state index contributed by atoms with van der Waals surface area (Å²) in [6, 6.07) is 21.1. The van der Waals surface area contributed by atoms with Gasteiger partial charge in [0.15, 0.2) is 0 Å². The van der Waals surface area contributed by atoms with Gasteiger partial charge in [0.2, 0.25) is 10.0 Å². The molecule has 1 aliphatic rings. The van der Waals surface area contributed by atoms with E-state index in [0.717, 1.165) is 35.5 Å². The van der Waals surface area contributed by atoms with Gasteiger partial charge in [0.25, 0.3) is 0 Å². The lowest BCUT2D eigenvalue weighted by molar-refractivity contribution is 0.477. The number of nitrogens with one attached hydrogen (secondary N) is 1.